The van der Waals surface area contributed by atoms with Gasteiger partial charge in [0.15, 0.2) is 0 Å². The van der Waals surface area contributed by atoms with Gasteiger partial charge in [0.2, 0.25) is 0 Å². The number of likely N-dealkylation sites (N-methyl/N-ethyl adjacent to an activating group) is 2. The van der Waals surface area contributed by atoms with E-state index < -0.39 is 0 Å². The highest BCUT2D eigenvalue weighted by atomic mass is 15.2. The molecule has 1 aliphatic rings. The molecule has 1 unspecified atom stereocenters. The summed E-state index contributed by atoms with van der Waals surface area (Å²) in [7, 11) is 4.51. The minimum Gasteiger partial charge on any atom is -0.312 e. The SMILES string of the molecule is C=CCCCC(NCC)C1(N(C)C)CCCC1. The van der Waals surface area contributed by atoms with Crippen LogP contribution in [0.5, 0.6) is 0 Å². The van der Waals surface area contributed by atoms with Crippen molar-refractivity contribution in [2.45, 2.75) is 63.5 Å². The monoisotopic (exact) mass is 238 g/mol. The highest BCUT2D eigenvalue weighted by Crippen LogP contribution is 2.38. The number of hydrogen-bond donors (Lipinski definition) is 1. The van der Waals surface area contributed by atoms with Crippen LogP contribution in [0, 0.1) is 0 Å². The highest BCUT2D eigenvalue weighted by molar-refractivity contribution is 5.01. The minimum absolute atomic E-state index is 0.400. The summed E-state index contributed by atoms with van der Waals surface area (Å²) in [6.07, 6.45) is 11.2. The van der Waals surface area contributed by atoms with Crippen LogP contribution in [0.2, 0.25) is 0 Å². The fourth-order valence-electron chi connectivity index (χ4n) is 3.37. The first-order valence-electron chi connectivity index (χ1n) is 7.19. The van der Waals surface area contributed by atoms with Crippen LogP contribution >= 0.6 is 0 Å². The first-order chi connectivity index (χ1) is 8.17. The molecule has 1 saturated carbocycles. The lowest BCUT2D eigenvalue weighted by molar-refractivity contribution is 0.0998. The first kappa shape index (κ1) is 14.7. The average Bonchev–Trinajstić information content (AvgIpc) is 2.78. The molecule has 0 radical (unpaired) electrons. The van der Waals surface area contributed by atoms with E-state index in [1.54, 1.807) is 0 Å². The molecule has 1 aliphatic carbocycles. The van der Waals surface area contributed by atoms with Crippen molar-refractivity contribution >= 4 is 0 Å². The van der Waals surface area contributed by atoms with Crippen molar-refractivity contribution in [2.24, 2.45) is 0 Å². The average molecular weight is 238 g/mol. The summed E-state index contributed by atoms with van der Waals surface area (Å²) in [6.45, 7) is 7.12. The van der Waals surface area contributed by atoms with Crippen molar-refractivity contribution in [3.63, 3.8) is 0 Å². The third-order valence-corrected chi connectivity index (χ3v) is 4.36. The second-order valence-electron chi connectivity index (χ2n) is 5.53. The van der Waals surface area contributed by atoms with Crippen LogP contribution in [0.15, 0.2) is 12.7 Å². The zero-order valence-electron chi connectivity index (χ0n) is 12.0. The van der Waals surface area contributed by atoms with Crippen LogP contribution < -0.4 is 5.32 Å². The van der Waals surface area contributed by atoms with Crippen LogP contribution in [0.4, 0.5) is 0 Å². The maximum absolute atomic E-state index is 3.82. The van der Waals surface area contributed by atoms with Gasteiger partial charge in [-0.2, -0.15) is 0 Å². The molecule has 0 aromatic rings. The van der Waals surface area contributed by atoms with Gasteiger partial charge in [-0.25, -0.2) is 0 Å². The Kier molecular flexibility index (Phi) is 6.21. The Morgan fingerprint density at radius 2 is 2.00 bits per heavy atom. The van der Waals surface area contributed by atoms with Crippen molar-refractivity contribution in [3.8, 4) is 0 Å². The van der Waals surface area contributed by atoms with Crippen LogP contribution in [-0.2, 0) is 0 Å². The van der Waals surface area contributed by atoms with Crippen molar-refractivity contribution in [1.29, 1.82) is 0 Å². The lowest BCUT2D eigenvalue weighted by Crippen LogP contribution is -2.57. The molecular formula is C15H30N2. The lowest BCUT2D eigenvalue weighted by Gasteiger charge is -2.44. The topological polar surface area (TPSA) is 15.3 Å². The van der Waals surface area contributed by atoms with E-state index in [1.807, 2.05) is 6.08 Å². The van der Waals surface area contributed by atoms with Crippen molar-refractivity contribution in [1.82, 2.24) is 10.2 Å². The second-order valence-corrected chi connectivity index (χ2v) is 5.53. The van der Waals surface area contributed by atoms with Crippen molar-refractivity contribution in [3.05, 3.63) is 12.7 Å². The van der Waals surface area contributed by atoms with E-state index in [0.29, 0.717) is 11.6 Å². The van der Waals surface area contributed by atoms with E-state index in [4.69, 9.17) is 0 Å². The van der Waals surface area contributed by atoms with Crippen molar-refractivity contribution < 1.29 is 0 Å². The molecule has 1 atom stereocenters. The van der Waals surface area contributed by atoms with Gasteiger partial charge in [-0.05, 0) is 52.7 Å². The van der Waals surface area contributed by atoms with Gasteiger partial charge < -0.3 is 10.2 Å². The number of hydrogen-bond acceptors (Lipinski definition) is 2. The molecule has 0 spiro atoms. The highest BCUT2D eigenvalue weighted by Gasteiger charge is 2.42. The van der Waals surface area contributed by atoms with Gasteiger partial charge in [0.05, 0.1) is 0 Å². The summed E-state index contributed by atoms with van der Waals surface area (Å²) in [5.74, 6) is 0. The van der Waals surface area contributed by atoms with Gasteiger partial charge in [0.25, 0.3) is 0 Å². The fraction of sp³-hybridized carbons (Fsp3) is 0.867. The van der Waals surface area contributed by atoms with Gasteiger partial charge in [0.1, 0.15) is 0 Å². The molecular weight excluding hydrogens is 208 g/mol. The molecule has 0 aromatic heterocycles. The number of allylic oxidation sites excluding steroid dienone is 1. The molecule has 100 valence electrons. The number of nitrogens with zero attached hydrogens (tertiary/aromatic N) is 1. The van der Waals surface area contributed by atoms with Gasteiger partial charge in [-0.3, -0.25) is 0 Å². The van der Waals surface area contributed by atoms with Crippen LogP contribution in [-0.4, -0.2) is 37.1 Å². The molecule has 0 bridgehead atoms. The standard InChI is InChI=1S/C15H30N2/c1-5-7-8-11-14(16-6-2)15(17(3)4)12-9-10-13-15/h5,14,16H,1,6-13H2,2-4H3. The van der Waals surface area contributed by atoms with Gasteiger partial charge in [-0.15, -0.1) is 6.58 Å². The van der Waals surface area contributed by atoms with E-state index in [9.17, 15) is 0 Å². The molecule has 1 rings (SSSR count). The Morgan fingerprint density at radius 3 is 2.47 bits per heavy atom. The summed E-state index contributed by atoms with van der Waals surface area (Å²) >= 11 is 0. The van der Waals surface area contributed by atoms with Gasteiger partial charge in [0, 0.05) is 11.6 Å². The van der Waals surface area contributed by atoms with Crippen LogP contribution in [0.1, 0.15) is 51.9 Å². The third-order valence-electron chi connectivity index (χ3n) is 4.36. The Morgan fingerprint density at radius 1 is 1.35 bits per heavy atom. The van der Waals surface area contributed by atoms with Gasteiger partial charge >= 0.3 is 0 Å². The van der Waals surface area contributed by atoms with E-state index in [2.05, 4.69) is 37.8 Å². The van der Waals surface area contributed by atoms with E-state index in [1.165, 1.54) is 38.5 Å². The maximum Gasteiger partial charge on any atom is 0.0356 e. The molecule has 0 aliphatic heterocycles. The fourth-order valence-corrected chi connectivity index (χ4v) is 3.37. The Labute approximate surface area is 107 Å². The molecule has 0 saturated heterocycles. The van der Waals surface area contributed by atoms with E-state index in [-0.39, 0.29) is 0 Å². The lowest BCUT2D eigenvalue weighted by atomic mass is 9.83. The molecule has 0 heterocycles. The summed E-state index contributed by atoms with van der Waals surface area (Å²) in [4.78, 5) is 2.47. The number of nitrogens with one attached hydrogen (secondary N) is 1. The quantitative estimate of drug-likeness (QED) is 0.516. The van der Waals surface area contributed by atoms with Crippen LogP contribution in [0.3, 0.4) is 0 Å². The summed E-state index contributed by atoms with van der Waals surface area (Å²) in [6, 6.07) is 0.643. The second kappa shape index (κ2) is 7.17. The first-order valence-corrected chi connectivity index (χ1v) is 7.19. The van der Waals surface area contributed by atoms with Crippen LogP contribution in [0.25, 0.3) is 0 Å². The maximum atomic E-state index is 3.82. The number of unbranched alkanes of at least 4 members (excludes halogenated alkanes) is 1. The molecule has 1 fully saturated rings. The molecule has 0 amide bonds. The zero-order chi connectivity index (χ0) is 12.7. The molecule has 2 heteroatoms. The summed E-state index contributed by atoms with van der Waals surface area (Å²) in [5.41, 5.74) is 0.400. The molecule has 17 heavy (non-hydrogen) atoms. The Hall–Kier alpha value is -0.340. The predicted octanol–water partition coefficient (Wildman–Crippen LogP) is 3.20. The smallest absolute Gasteiger partial charge is 0.0356 e. The summed E-state index contributed by atoms with van der Waals surface area (Å²) in [5, 5.41) is 3.73. The van der Waals surface area contributed by atoms with Crippen molar-refractivity contribution in [2.75, 3.05) is 20.6 Å². The largest absolute Gasteiger partial charge is 0.312 e. The number of rotatable bonds is 8. The minimum atomic E-state index is 0.400. The third kappa shape index (κ3) is 3.56. The predicted molar refractivity (Wildman–Crippen MR) is 76.4 cm³/mol. The molecule has 2 nitrogen and oxygen atoms in total. The zero-order valence-corrected chi connectivity index (χ0v) is 12.0. The normalized spacial score (nSPS) is 20.7. The molecule has 0 aromatic carbocycles. The van der Waals surface area contributed by atoms with E-state index >= 15 is 0 Å². The molecule has 1 N–H and O–H groups in total. The van der Waals surface area contributed by atoms with E-state index in [0.717, 1.165) is 13.0 Å². The Balaban J connectivity index is 2.67. The Bertz CT molecular complexity index is 217. The summed E-state index contributed by atoms with van der Waals surface area (Å²) < 4.78 is 0. The van der Waals surface area contributed by atoms with Gasteiger partial charge in [-0.1, -0.05) is 25.8 Å².